The van der Waals surface area contributed by atoms with E-state index in [1.165, 1.54) is 0 Å². The standard InChI is InChI=1S/C25H26N4O3/c30-19(17-32-20-8-7-18-4-3-11-26-23(18)14-20)16-29-12-9-25(31,10-13-29)24-15-27-21-5-1-2-6-22(21)28-24/h1-8,11,14-15,19,30-31H,9-10,12-13,16-17H2/t19-/m0/s1. The van der Waals surface area contributed by atoms with Crippen LogP contribution < -0.4 is 4.74 Å². The van der Waals surface area contributed by atoms with Crippen molar-refractivity contribution in [3.8, 4) is 5.75 Å². The average Bonchev–Trinajstić information content (AvgIpc) is 2.84. The Morgan fingerprint density at radius 1 is 0.969 bits per heavy atom. The maximum atomic E-state index is 11.2. The monoisotopic (exact) mass is 430 g/mol. The van der Waals surface area contributed by atoms with Gasteiger partial charge in [-0.1, -0.05) is 18.2 Å². The van der Waals surface area contributed by atoms with Crippen molar-refractivity contribution in [3.05, 3.63) is 72.7 Å². The van der Waals surface area contributed by atoms with Crippen LogP contribution in [0.3, 0.4) is 0 Å². The van der Waals surface area contributed by atoms with Crippen molar-refractivity contribution in [1.29, 1.82) is 0 Å². The summed E-state index contributed by atoms with van der Waals surface area (Å²) in [7, 11) is 0. The van der Waals surface area contributed by atoms with Gasteiger partial charge in [0.2, 0.25) is 0 Å². The van der Waals surface area contributed by atoms with Crippen LogP contribution in [-0.2, 0) is 5.60 Å². The first kappa shape index (κ1) is 20.8. The molecule has 2 aromatic carbocycles. The van der Waals surface area contributed by atoms with Crippen molar-refractivity contribution >= 4 is 21.9 Å². The first-order valence-electron chi connectivity index (χ1n) is 10.9. The van der Waals surface area contributed by atoms with Gasteiger partial charge in [-0.25, -0.2) is 4.98 Å². The third-order valence-electron chi connectivity index (χ3n) is 6.10. The SMILES string of the molecule is O[C@H](COc1ccc2cccnc2c1)CN1CCC(O)(c2cnc3ccccc3n2)CC1. The fraction of sp³-hybridized carbons (Fsp3) is 0.320. The van der Waals surface area contributed by atoms with Crippen molar-refractivity contribution in [2.75, 3.05) is 26.2 Å². The van der Waals surface area contributed by atoms with E-state index in [0.717, 1.165) is 21.9 Å². The smallest absolute Gasteiger partial charge is 0.121 e. The summed E-state index contributed by atoms with van der Waals surface area (Å²) in [6.07, 6.45) is 3.90. The van der Waals surface area contributed by atoms with Gasteiger partial charge in [-0.15, -0.1) is 0 Å². The van der Waals surface area contributed by atoms with Crippen molar-refractivity contribution < 1.29 is 14.9 Å². The minimum absolute atomic E-state index is 0.204. The van der Waals surface area contributed by atoms with E-state index in [9.17, 15) is 10.2 Å². The number of hydrogen-bond donors (Lipinski definition) is 2. The largest absolute Gasteiger partial charge is 0.491 e. The van der Waals surface area contributed by atoms with Gasteiger partial charge < -0.3 is 19.8 Å². The van der Waals surface area contributed by atoms with Crippen LogP contribution in [0.4, 0.5) is 0 Å². The van der Waals surface area contributed by atoms with Gasteiger partial charge in [0.1, 0.15) is 24.1 Å². The van der Waals surface area contributed by atoms with E-state index in [0.29, 0.717) is 43.9 Å². The summed E-state index contributed by atoms with van der Waals surface area (Å²) in [4.78, 5) is 15.6. The molecular formula is C25H26N4O3. The minimum Gasteiger partial charge on any atom is -0.491 e. The molecule has 1 saturated heterocycles. The number of aliphatic hydroxyl groups excluding tert-OH is 1. The van der Waals surface area contributed by atoms with Gasteiger partial charge in [0.15, 0.2) is 0 Å². The third-order valence-corrected chi connectivity index (χ3v) is 6.10. The number of piperidine rings is 1. The van der Waals surface area contributed by atoms with Crippen LogP contribution in [0.5, 0.6) is 5.75 Å². The fourth-order valence-electron chi connectivity index (χ4n) is 4.22. The molecule has 2 N–H and O–H groups in total. The molecule has 32 heavy (non-hydrogen) atoms. The number of rotatable bonds is 6. The highest BCUT2D eigenvalue weighted by molar-refractivity contribution is 5.79. The number of para-hydroxylation sites is 2. The molecule has 4 aromatic rings. The lowest BCUT2D eigenvalue weighted by Crippen LogP contribution is -2.46. The van der Waals surface area contributed by atoms with Crippen LogP contribution in [0.25, 0.3) is 21.9 Å². The summed E-state index contributed by atoms with van der Waals surface area (Å²) in [5.41, 5.74) is 2.10. The highest BCUT2D eigenvalue weighted by Crippen LogP contribution is 2.32. The normalized spacial score (nSPS) is 17.4. The molecule has 164 valence electrons. The number of ether oxygens (including phenoxy) is 1. The predicted molar refractivity (Wildman–Crippen MR) is 122 cm³/mol. The molecule has 1 fully saturated rings. The van der Waals surface area contributed by atoms with Crippen LogP contribution >= 0.6 is 0 Å². The minimum atomic E-state index is -0.993. The molecule has 0 amide bonds. The Bertz CT molecular complexity index is 1220. The van der Waals surface area contributed by atoms with Gasteiger partial charge in [0, 0.05) is 37.3 Å². The van der Waals surface area contributed by atoms with Gasteiger partial charge in [-0.2, -0.15) is 0 Å². The molecule has 0 saturated carbocycles. The van der Waals surface area contributed by atoms with Gasteiger partial charge in [-0.3, -0.25) is 9.97 Å². The predicted octanol–water partition coefficient (Wildman–Crippen LogP) is 2.90. The summed E-state index contributed by atoms with van der Waals surface area (Å²) < 4.78 is 5.78. The molecule has 3 heterocycles. The molecule has 1 aliphatic rings. The lowest BCUT2D eigenvalue weighted by molar-refractivity contribution is -0.0401. The quantitative estimate of drug-likeness (QED) is 0.486. The average molecular weight is 431 g/mol. The maximum Gasteiger partial charge on any atom is 0.121 e. The van der Waals surface area contributed by atoms with Gasteiger partial charge in [0.25, 0.3) is 0 Å². The van der Waals surface area contributed by atoms with Crippen LogP contribution in [-0.4, -0.2) is 62.4 Å². The van der Waals surface area contributed by atoms with Crippen LogP contribution in [0.15, 0.2) is 67.0 Å². The fourth-order valence-corrected chi connectivity index (χ4v) is 4.22. The Morgan fingerprint density at radius 2 is 1.78 bits per heavy atom. The second-order valence-corrected chi connectivity index (χ2v) is 8.40. The number of pyridine rings is 1. The second kappa shape index (κ2) is 8.78. The van der Waals surface area contributed by atoms with Crippen molar-refractivity contribution in [3.63, 3.8) is 0 Å². The molecule has 0 aliphatic carbocycles. The molecule has 1 atom stereocenters. The molecule has 1 aliphatic heterocycles. The summed E-state index contributed by atoms with van der Waals surface area (Å²) in [5, 5.41) is 22.7. The Balaban J connectivity index is 1.15. The molecule has 0 radical (unpaired) electrons. The molecule has 0 spiro atoms. The van der Waals surface area contributed by atoms with E-state index in [4.69, 9.17) is 4.74 Å². The number of β-amino-alcohol motifs (C(OH)–C–C–N with tert-alkyl or cyclic N) is 1. The molecule has 0 unspecified atom stereocenters. The highest BCUT2D eigenvalue weighted by atomic mass is 16.5. The van der Waals surface area contributed by atoms with E-state index >= 15 is 0 Å². The molecule has 7 heteroatoms. The first-order chi connectivity index (χ1) is 15.6. The van der Waals surface area contributed by atoms with Gasteiger partial charge in [0.05, 0.1) is 28.4 Å². The van der Waals surface area contributed by atoms with Crippen LogP contribution in [0.1, 0.15) is 18.5 Å². The Kier molecular flexibility index (Phi) is 5.70. The van der Waals surface area contributed by atoms with E-state index in [-0.39, 0.29) is 6.61 Å². The van der Waals surface area contributed by atoms with Crippen LogP contribution in [0, 0.1) is 0 Å². The van der Waals surface area contributed by atoms with E-state index in [1.54, 1.807) is 12.4 Å². The summed E-state index contributed by atoms with van der Waals surface area (Å²) >= 11 is 0. The lowest BCUT2D eigenvalue weighted by atomic mass is 9.88. The topological polar surface area (TPSA) is 91.6 Å². The van der Waals surface area contributed by atoms with Crippen molar-refractivity contribution in [2.45, 2.75) is 24.5 Å². The molecule has 5 rings (SSSR count). The van der Waals surface area contributed by atoms with Crippen molar-refractivity contribution in [2.24, 2.45) is 0 Å². The second-order valence-electron chi connectivity index (χ2n) is 8.40. The number of aliphatic hydroxyl groups is 2. The number of nitrogens with zero attached hydrogens (tertiary/aromatic N) is 4. The molecular weight excluding hydrogens is 404 g/mol. The van der Waals surface area contributed by atoms with Gasteiger partial charge >= 0.3 is 0 Å². The zero-order chi connectivity index (χ0) is 22.0. The van der Waals surface area contributed by atoms with Crippen molar-refractivity contribution in [1.82, 2.24) is 19.9 Å². The van der Waals surface area contributed by atoms with Crippen LogP contribution in [0.2, 0.25) is 0 Å². The summed E-state index contributed by atoms with van der Waals surface area (Å²) in [5.74, 6) is 0.693. The number of fused-ring (bicyclic) bond motifs is 2. The number of benzene rings is 2. The Morgan fingerprint density at radius 3 is 2.62 bits per heavy atom. The molecule has 0 bridgehead atoms. The number of likely N-dealkylation sites (tertiary alicyclic amines) is 1. The number of aromatic nitrogens is 3. The molecule has 2 aromatic heterocycles. The lowest BCUT2D eigenvalue weighted by Gasteiger charge is -2.38. The van der Waals surface area contributed by atoms with E-state index in [1.807, 2.05) is 54.6 Å². The maximum absolute atomic E-state index is 11.2. The zero-order valence-electron chi connectivity index (χ0n) is 17.8. The first-order valence-corrected chi connectivity index (χ1v) is 10.9. The van der Waals surface area contributed by atoms with E-state index < -0.39 is 11.7 Å². The molecule has 7 nitrogen and oxygen atoms in total. The Hall–Kier alpha value is -3.13. The highest BCUT2D eigenvalue weighted by Gasteiger charge is 2.36. The van der Waals surface area contributed by atoms with Gasteiger partial charge in [-0.05, 0) is 43.2 Å². The third kappa shape index (κ3) is 4.41. The Labute approximate surface area is 186 Å². The number of hydrogen-bond acceptors (Lipinski definition) is 7. The van der Waals surface area contributed by atoms with E-state index in [2.05, 4.69) is 19.9 Å². The summed E-state index contributed by atoms with van der Waals surface area (Å²) in [6.45, 7) is 2.03. The zero-order valence-corrected chi connectivity index (χ0v) is 17.8. The summed E-state index contributed by atoms with van der Waals surface area (Å²) in [6, 6.07) is 17.3.